The van der Waals surface area contributed by atoms with Crippen LogP contribution in [0.15, 0.2) is 0 Å². The van der Waals surface area contributed by atoms with Crippen molar-refractivity contribution in [1.82, 2.24) is 10.2 Å². The molecule has 1 N–H and O–H groups in total. The van der Waals surface area contributed by atoms with E-state index in [0.717, 1.165) is 11.8 Å². The molecule has 0 amide bonds. The highest BCUT2D eigenvalue weighted by molar-refractivity contribution is 7.99. The molecule has 2 aliphatic rings. The van der Waals surface area contributed by atoms with Crippen molar-refractivity contribution in [2.75, 3.05) is 37.7 Å². The minimum atomic E-state index is 0.639. The van der Waals surface area contributed by atoms with Gasteiger partial charge in [-0.2, -0.15) is 11.8 Å². The second-order valence-electron chi connectivity index (χ2n) is 5.71. The number of hydrogen-bond acceptors (Lipinski definition) is 3. The van der Waals surface area contributed by atoms with Gasteiger partial charge in [-0.15, -0.1) is 0 Å². The summed E-state index contributed by atoms with van der Waals surface area (Å²) in [6.45, 7) is 9.73. The van der Waals surface area contributed by atoms with Crippen LogP contribution in [0.3, 0.4) is 0 Å². The summed E-state index contributed by atoms with van der Waals surface area (Å²) in [5, 5.41) is 3.57. The fourth-order valence-electron chi connectivity index (χ4n) is 2.74. The van der Waals surface area contributed by atoms with Gasteiger partial charge in [0.2, 0.25) is 0 Å². The second-order valence-corrected chi connectivity index (χ2v) is 6.86. The van der Waals surface area contributed by atoms with Crippen LogP contribution in [0.1, 0.15) is 26.7 Å². The Hall–Kier alpha value is 0.270. The molecule has 2 nitrogen and oxygen atoms in total. The zero-order chi connectivity index (χ0) is 11.4. The number of thioether (sulfide) groups is 1. The summed E-state index contributed by atoms with van der Waals surface area (Å²) in [5.41, 5.74) is 0. The molecule has 0 bridgehead atoms. The lowest BCUT2D eigenvalue weighted by atomic mass is 10.1. The predicted molar refractivity (Wildman–Crippen MR) is 73.1 cm³/mol. The molecule has 2 fully saturated rings. The maximum Gasteiger partial charge on any atom is 0.00224 e. The van der Waals surface area contributed by atoms with E-state index in [1.54, 1.807) is 0 Å². The molecule has 16 heavy (non-hydrogen) atoms. The number of rotatable bonds is 5. The molecule has 0 saturated carbocycles. The van der Waals surface area contributed by atoms with Crippen LogP contribution in [0.4, 0.5) is 0 Å². The van der Waals surface area contributed by atoms with E-state index in [1.807, 2.05) is 0 Å². The largest absolute Gasteiger partial charge is 0.314 e. The summed E-state index contributed by atoms with van der Waals surface area (Å²) in [4.78, 5) is 2.70. The maximum absolute atomic E-state index is 3.57. The first kappa shape index (κ1) is 12.7. The van der Waals surface area contributed by atoms with Crippen LogP contribution < -0.4 is 5.32 Å². The SMILES string of the molecule is CC(C)NCC1CCN(CC2CCSC2)C1. The molecule has 0 spiro atoms. The molecule has 0 aromatic heterocycles. The van der Waals surface area contributed by atoms with Gasteiger partial charge in [0.15, 0.2) is 0 Å². The van der Waals surface area contributed by atoms with Crippen LogP contribution in [-0.4, -0.2) is 48.6 Å². The molecule has 2 unspecified atom stereocenters. The lowest BCUT2D eigenvalue weighted by molar-refractivity contribution is 0.278. The van der Waals surface area contributed by atoms with Crippen LogP contribution in [0.2, 0.25) is 0 Å². The van der Waals surface area contributed by atoms with Gasteiger partial charge in [0.25, 0.3) is 0 Å². The van der Waals surface area contributed by atoms with Gasteiger partial charge in [0.05, 0.1) is 0 Å². The van der Waals surface area contributed by atoms with Crippen molar-refractivity contribution >= 4 is 11.8 Å². The smallest absolute Gasteiger partial charge is 0.00224 e. The average Bonchev–Trinajstić information content (AvgIpc) is 2.87. The Balaban J connectivity index is 1.63. The van der Waals surface area contributed by atoms with Crippen LogP contribution in [0.5, 0.6) is 0 Å². The molecule has 2 rings (SSSR count). The third-order valence-corrected chi connectivity index (χ3v) is 4.96. The highest BCUT2D eigenvalue weighted by Gasteiger charge is 2.25. The predicted octanol–water partition coefficient (Wildman–Crippen LogP) is 2.06. The van der Waals surface area contributed by atoms with Gasteiger partial charge < -0.3 is 10.2 Å². The van der Waals surface area contributed by atoms with Gasteiger partial charge in [-0.1, -0.05) is 13.8 Å². The molecule has 2 atom stereocenters. The molecule has 2 heterocycles. The van der Waals surface area contributed by atoms with Gasteiger partial charge in [-0.3, -0.25) is 0 Å². The fraction of sp³-hybridized carbons (Fsp3) is 1.00. The molecular formula is C13H26N2S. The number of likely N-dealkylation sites (tertiary alicyclic amines) is 1. The van der Waals surface area contributed by atoms with E-state index in [2.05, 4.69) is 35.8 Å². The van der Waals surface area contributed by atoms with E-state index in [4.69, 9.17) is 0 Å². The highest BCUT2D eigenvalue weighted by atomic mass is 32.2. The van der Waals surface area contributed by atoms with Gasteiger partial charge >= 0.3 is 0 Å². The zero-order valence-corrected chi connectivity index (χ0v) is 11.6. The van der Waals surface area contributed by atoms with Gasteiger partial charge in [0.1, 0.15) is 0 Å². The molecule has 2 aliphatic heterocycles. The average molecular weight is 242 g/mol. The van der Waals surface area contributed by atoms with Crippen molar-refractivity contribution in [2.45, 2.75) is 32.7 Å². The van der Waals surface area contributed by atoms with Crippen LogP contribution in [-0.2, 0) is 0 Å². The number of nitrogens with one attached hydrogen (secondary N) is 1. The van der Waals surface area contributed by atoms with Crippen molar-refractivity contribution in [2.24, 2.45) is 11.8 Å². The molecule has 2 saturated heterocycles. The Bertz CT molecular complexity index is 202. The molecule has 3 heteroatoms. The third kappa shape index (κ3) is 3.94. The van der Waals surface area contributed by atoms with Crippen molar-refractivity contribution < 1.29 is 0 Å². The normalized spacial score (nSPS) is 31.7. The van der Waals surface area contributed by atoms with Crippen LogP contribution >= 0.6 is 11.8 Å². The highest BCUT2D eigenvalue weighted by Crippen LogP contribution is 2.26. The minimum Gasteiger partial charge on any atom is -0.314 e. The van der Waals surface area contributed by atoms with Crippen molar-refractivity contribution in [3.8, 4) is 0 Å². The zero-order valence-electron chi connectivity index (χ0n) is 10.7. The van der Waals surface area contributed by atoms with Crippen LogP contribution in [0.25, 0.3) is 0 Å². The Morgan fingerprint density at radius 2 is 2.19 bits per heavy atom. The molecule has 0 radical (unpaired) electrons. The first-order valence-corrected chi connectivity index (χ1v) is 7.93. The number of hydrogen-bond donors (Lipinski definition) is 1. The standard InChI is InChI=1S/C13H26N2S/c1-11(2)14-7-12-3-5-15(8-12)9-13-4-6-16-10-13/h11-14H,3-10H2,1-2H3. The summed E-state index contributed by atoms with van der Waals surface area (Å²) in [6.07, 6.45) is 2.86. The first-order valence-electron chi connectivity index (χ1n) is 6.77. The first-order chi connectivity index (χ1) is 7.74. The van der Waals surface area contributed by atoms with E-state index < -0.39 is 0 Å². The van der Waals surface area contributed by atoms with Crippen molar-refractivity contribution in [1.29, 1.82) is 0 Å². The Kier molecular flexibility index (Phi) is 4.98. The lowest BCUT2D eigenvalue weighted by Gasteiger charge is -2.20. The molecule has 0 aromatic carbocycles. The van der Waals surface area contributed by atoms with E-state index in [1.165, 1.54) is 50.5 Å². The minimum absolute atomic E-state index is 0.639. The summed E-state index contributed by atoms with van der Waals surface area (Å²) in [7, 11) is 0. The van der Waals surface area contributed by atoms with Gasteiger partial charge in [-0.05, 0) is 49.3 Å². The molecule has 94 valence electrons. The van der Waals surface area contributed by atoms with Gasteiger partial charge in [-0.25, -0.2) is 0 Å². The topological polar surface area (TPSA) is 15.3 Å². The van der Waals surface area contributed by atoms with E-state index in [0.29, 0.717) is 6.04 Å². The van der Waals surface area contributed by atoms with Crippen molar-refractivity contribution in [3.63, 3.8) is 0 Å². The van der Waals surface area contributed by atoms with E-state index >= 15 is 0 Å². The lowest BCUT2D eigenvalue weighted by Crippen LogP contribution is -2.32. The summed E-state index contributed by atoms with van der Waals surface area (Å²) in [6, 6.07) is 0.639. The second kappa shape index (κ2) is 6.27. The Morgan fingerprint density at radius 3 is 2.88 bits per heavy atom. The number of nitrogens with zero attached hydrogens (tertiary/aromatic N) is 1. The summed E-state index contributed by atoms with van der Waals surface area (Å²) >= 11 is 2.14. The van der Waals surface area contributed by atoms with Crippen molar-refractivity contribution in [3.05, 3.63) is 0 Å². The van der Waals surface area contributed by atoms with Crippen LogP contribution in [0, 0.1) is 11.8 Å². The maximum atomic E-state index is 3.57. The Labute approximate surface area is 105 Å². The summed E-state index contributed by atoms with van der Waals surface area (Å²) in [5.74, 6) is 4.70. The summed E-state index contributed by atoms with van der Waals surface area (Å²) < 4.78 is 0. The molecular weight excluding hydrogens is 216 g/mol. The third-order valence-electron chi connectivity index (χ3n) is 3.73. The quantitative estimate of drug-likeness (QED) is 0.794. The monoisotopic (exact) mass is 242 g/mol. The molecule has 0 aliphatic carbocycles. The van der Waals surface area contributed by atoms with E-state index in [9.17, 15) is 0 Å². The van der Waals surface area contributed by atoms with E-state index in [-0.39, 0.29) is 0 Å². The van der Waals surface area contributed by atoms with Gasteiger partial charge in [0, 0.05) is 19.1 Å². The molecule has 0 aromatic rings. The Morgan fingerprint density at radius 1 is 1.31 bits per heavy atom. The fourth-order valence-corrected chi connectivity index (χ4v) is 4.01.